The summed E-state index contributed by atoms with van der Waals surface area (Å²) in [7, 11) is 0. The average Bonchev–Trinajstić information content (AvgIpc) is 2.40. The van der Waals surface area contributed by atoms with Crippen molar-refractivity contribution in [3.8, 4) is 0 Å². The number of nitrogens with two attached hydrogens (primary N) is 1. The summed E-state index contributed by atoms with van der Waals surface area (Å²) in [6, 6.07) is 6.98. The number of aryl methyl sites for hydroxylation is 1. The normalized spacial score (nSPS) is 14.7. The smallest absolute Gasteiger partial charge is 0.293 e. The summed E-state index contributed by atoms with van der Waals surface area (Å²) in [6.45, 7) is 4.75. The molecule has 0 aromatic heterocycles. The second-order valence-corrected chi connectivity index (χ2v) is 4.99. The second kappa shape index (κ2) is 8.70. The minimum atomic E-state index is 0.281. The molecule has 1 unspecified atom stereocenters. The molecule has 0 spiro atoms. The van der Waals surface area contributed by atoms with Crippen LogP contribution in [0.25, 0.3) is 0 Å². The van der Waals surface area contributed by atoms with Gasteiger partial charge in [0.1, 0.15) is 0 Å². The van der Waals surface area contributed by atoms with Crippen LogP contribution in [-0.4, -0.2) is 19.1 Å². The molecule has 1 aromatic rings. The lowest BCUT2D eigenvalue weighted by Gasteiger charge is -2.20. The fraction of sp³-hybridized carbons (Fsp3) is 0.562. The van der Waals surface area contributed by atoms with Gasteiger partial charge in [-0.05, 0) is 62.6 Å². The molecule has 0 bridgehead atoms. The van der Waals surface area contributed by atoms with Gasteiger partial charge in [-0.2, -0.15) is 0 Å². The zero-order chi connectivity index (χ0) is 14.1. The maximum atomic E-state index is 9.18. The Morgan fingerprint density at radius 2 is 2.11 bits per heavy atom. The van der Waals surface area contributed by atoms with Crippen molar-refractivity contribution in [2.75, 3.05) is 6.61 Å². The topological polar surface area (TPSA) is 52.3 Å². The van der Waals surface area contributed by atoms with Crippen LogP contribution in [0.1, 0.15) is 43.4 Å². The van der Waals surface area contributed by atoms with Gasteiger partial charge in [-0.25, -0.2) is 0 Å². The molecule has 1 aromatic carbocycles. The summed E-state index contributed by atoms with van der Waals surface area (Å²) in [6.07, 6.45) is 6.27. The molecule has 1 atom stereocenters. The molecule has 0 saturated heterocycles. The second-order valence-electron chi connectivity index (χ2n) is 4.99. The molecule has 2 rings (SSSR count). The Labute approximate surface area is 116 Å². The fourth-order valence-electron chi connectivity index (χ4n) is 2.47. The Morgan fingerprint density at radius 3 is 2.68 bits per heavy atom. The van der Waals surface area contributed by atoms with Crippen LogP contribution < -0.4 is 5.73 Å². The third-order valence-electron chi connectivity index (χ3n) is 3.27. The van der Waals surface area contributed by atoms with Crippen molar-refractivity contribution in [3.05, 3.63) is 34.9 Å². The van der Waals surface area contributed by atoms with Gasteiger partial charge in [0, 0.05) is 6.04 Å². The molecule has 3 nitrogen and oxygen atoms in total. The van der Waals surface area contributed by atoms with E-state index in [1.807, 2.05) is 0 Å². The summed E-state index contributed by atoms with van der Waals surface area (Å²) >= 11 is 0. The first-order valence-electron chi connectivity index (χ1n) is 7.09. The summed E-state index contributed by atoms with van der Waals surface area (Å²) < 4.78 is 4.15. The molecule has 1 aliphatic carbocycles. The Morgan fingerprint density at radius 1 is 1.37 bits per heavy atom. The van der Waals surface area contributed by atoms with E-state index in [-0.39, 0.29) is 6.04 Å². The van der Waals surface area contributed by atoms with E-state index >= 15 is 0 Å². The Balaban J connectivity index is 0.000000312. The van der Waals surface area contributed by atoms with Crippen molar-refractivity contribution in [2.24, 2.45) is 5.73 Å². The van der Waals surface area contributed by atoms with Crippen LogP contribution >= 0.6 is 0 Å². The Hall–Kier alpha value is -1.35. The largest absolute Gasteiger partial charge is 0.468 e. The van der Waals surface area contributed by atoms with Crippen LogP contribution in [0.2, 0.25) is 0 Å². The quantitative estimate of drug-likeness (QED) is 0.850. The van der Waals surface area contributed by atoms with Crippen LogP contribution in [0.4, 0.5) is 0 Å². The third-order valence-corrected chi connectivity index (χ3v) is 3.27. The maximum Gasteiger partial charge on any atom is 0.293 e. The molecular formula is C16H25NO2. The van der Waals surface area contributed by atoms with Crippen LogP contribution in [0, 0.1) is 0 Å². The van der Waals surface area contributed by atoms with E-state index in [0.717, 1.165) is 6.42 Å². The molecule has 0 aliphatic heterocycles. The summed E-state index contributed by atoms with van der Waals surface area (Å²) in [5.74, 6) is 0. The maximum absolute atomic E-state index is 9.18. The highest BCUT2D eigenvalue weighted by atomic mass is 16.5. The van der Waals surface area contributed by atoms with Crippen molar-refractivity contribution in [2.45, 2.75) is 52.0 Å². The van der Waals surface area contributed by atoms with Gasteiger partial charge in [0.2, 0.25) is 0 Å². The van der Waals surface area contributed by atoms with E-state index in [9.17, 15) is 4.79 Å². The number of ether oxygens (including phenoxy) is 1. The summed E-state index contributed by atoms with van der Waals surface area (Å²) in [5.41, 5.74) is 10.5. The molecular weight excluding hydrogens is 238 g/mol. The van der Waals surface area contributed by atoms with Crippen LogP contribution in [-0.2, 0) is 28.8 Å². The van der Waals surface area contributed by atoms with Crippen molar-refractivity contribution < 1.29 is 9.53 Å². The van der Waals surface area contributed by atoms with Crippen LogP contribution in [0.15, 0.2) is 18.2 Å². The van der Waals surface area contributed by atoms with Gasteiger partial charge >= 0.3 is 0 Å². The number of carbonyl (C=O) groups excluding carboxylic acids is 1. The van der Waals surface area contributed by atoms with Gasteiger partial charge in [-0.3, -0.25) is 4.79 Å². The lowest BCUT2D eigenvalue weighted by Crippen LogP contribution is -2.19. The molecule has 0 heterocycles. The predicted octanol–water partition coefficient (Wildman–Crippen LogP) is 2.63. The number of carbonyl (C=O) groups is 1. The van der Waals surface area contributed by atoms with E-state index in [1.54, 1.807) is 18.1 Å². The molecule has 3 heteroatoms. The highest BCUT2D eigenvalue weighted by molar-refractivity contribution is 5.37. The van der Waals surface area contributed by atoms with E-state index < -0.39 is 0 Å². The minimum absolute atomic E-state index is 0.281. The van der Waals surface area contributed by atoms with Gasteiger partial charge in [0.15, 0.2) is 0 Å². The molecule has 106 valence electrons. The van der Waals surface area contributed by atoms with Crippen LogP contribution in [0.5, 0.6) is 0 Å². The first-order valence-corrected chi connectivity index (χ1v) is 7.09. The van der Waals surface area contributed by atoms with Gasteiger partial charge in [-0.1, -0.05) is 18.2 Å². The molecule has 2 N–H and O–H groups in total. The fourth-order valence-corrected chi connectivity index (χ4v) is 2.47. The lowest BCUT2D eigenvalue weighted by molar-refractivity contribution is -0.128. The molecule has 1 aliphatic rings. The van der Waals surface area contributed by atoms with E-state index in [0.29, 0.717) is 13.1 Å². The van der Waals surface area contributed by atoms with Crippen molar-refractivity contribution in [1.29, 1.82) is 0 Å². The zero-order valence-electron chi connectivity index (χ0n) is 12.0. The molecule has 19 heavy (non-hydrogen) atoms. The Kier molecular flexibility index (Phi) is 7.19. The highest BCUT2D eigenvalue weighted by Gasteiger charge is 2.12. The van der Waals surface area contributed by atoms with Gasteiger partial charge in [0.05, 0.1) is 6.61 Å². The minimum Gasteiger partial charge on any atom is -0.468 e. The van der Waals surface area contributed by atoms with Crippen molar-refractivity contribution >= 4 is 6.47 Å². The molecule has 0 radical (unpaired) electrons. The third kappa shape index (κ3) is 5.43. The number of hydrogen-bond acceptors (Lipinski definition) is 3. The summed E-state index contributed by atoms with van der Waals surface area (Å²) in [4.78, 5) is 9.18. The lowest BCUT2D eigenvalue weighted by atomic mass is 9.86. The molecule has 0 fully saturated rings. The first kappa shape index (κ1) is 15.7. The number of hydrogen-bond donors (Lipinski definition) is 1. The monoisotopic (exact) mass is 263 g/mol. The number of fused-ring (bicyclic) bond motifs is 1. The first-order chi connectivity index (χ1) is 9.19. The highest BCUT2D eigenvalue weighted by Crippen LogP contribution is 2.24. The van der Waals surface area contributed by atoms with E-state index in [2.05, 4.69) is 29.9 Å². The van der Waals surface area contributed by atoms with Gasteiger partial charge in [0.25, 0.3) is 6.47 Å². The number of benzene rings is 1. The van der Waals surface area contributed by atoms with E-state index in [1.165, 1.54) is 31.2 Å². The zero-order valence-corrected chi connectivity index (χ0v) is 12.0. The van der Waals surface area contributed by atoms with Gasteiger partial charge in [-0.15, -0.1) is 0 Å². The SMILES string of the molecule is CC(N)Cc1cccc2c1CCCC2.CCOC=O. The average molecular weight is 263 g/mol. The van der Waals surface area contributed by atoms with Crippen molar-refractivity contribution in [3.63, 3.8) is 0 Å². The van der Waals surface area contributed by atoms with E-state index in [4.69, 9.17) is 5.73 Å². The summed E-state index contributed by atoms with van der Waals surface area (Å²) in [5, 5.41) is 0. The van der Waals surface area contributed by atoms with Crippen molar-refractivity contribution in [1.82, 2.24) is 0 Å². The number of rotatable bonds is 4. The Bertz CT molecular complexity index is 388. The standard InChI is InChI=1S/C13H19N.C3H6O2/c1-10(14)9-12-7-4-6-11-5-2-3-8-13(11)12;1-2-5-3-4/h4,6-7,10H,2-3,5,8-9,14H2,1H3;3H,2H2,1H3. The molecule has 0 amide bonds. The molecule has 0 saturated carbocycles. The van der Waals surface area contributed by atoms with Gasteiger partial charge < -0.3 is 10.5 Å². The van der Waals surface area contributed by atoms with Crippen LogP contribution in [0.3, 0.4) is 0 Å². The predicted molar refractivity (Wildman–Crippen MR) is 78.1 cm³/mol.